The summed E-state index contributed by atoms with van der Waals surface area (Å²) in [4.78, 5) is 2.16. The summed E-state index contributed by atoms with van der Waals surface area (Å²) in [5.41, 5.74) is 0. The summed E-state index contributed by atoms with van der Waals surface area (Å²) in [5.74, 6) is 0.377. The zero-order chi connectivity index (χ0) is 12.8. The lowest BCUT2D eigenvalue weighted by Gasteiger charge is -2.09. The number of hydrogen-bond donors (Lipinski definition) is 1. The predicted molar refractivity (Wildman–Crippen MR) is 75.8 cm³/mol. The minimum Gasteiger partial charge on any atom is -0.392 e. The molecule has 1 heterocycles. The highest BCUT2D eigenvalue weighted by Gasteiger charge is 2.06. The molecule has 96 valence electrons. The van der Waals surface area contributed by atoms with Crippen LogP contribution in [0.15, 0.2) is 46.7 Å². The van der Waals surface area contributed by atoms with Gasteiger partial charge in [-0.2, -0.15) is 0 Å². The molecule has 4 heteroatoms. The first kappa shape index (κ1) is 13.6. The van der Waals surface area contributed by atoms with Crippen LogP contribution in [-0.2, 0) is 6.42 Å². The van der Waals surface area contributed by atoms with Gasteiger partial charge in [0.25, 0.3) is 0 Å². The van der Waals surface area contributed by atoms with Crippen molar-refractivity contribution >= 4 is 23.1 Å². The number of aliphatic hydroxyl groups is 1. The summed E-state index contributed by atoms with van der Waals surface area (Å²) >= 11 is 3.21. The van der Waals surface area contributed by atoms with Gasteiger partial charge in [-0.05, 0) is 42.5 Å². The zero-order valence-corrected chi connectivity index (χ0v) is 11.5. The fourth-order valence-electron chi connectivity index (χ4n) is 1.60. The second-order valence-electron chi connectivity index (χ2n) is 4.04. The van der Waals surface area contributed by atoms with E-state index >= 15 is 0 Å². The number of benzene rings is 1. The molecule has 0 aliphatic rings. The summed E-state index contributed by atoms with van der Waals surface area (Å²) < 4.78 is 13.0. The van der Waals surface area contributed by atoms with Crippen molar-refractivity contribution in [3.8, 4) is 0 Å². The molecule has 1 unspecified atom stereocenters. The number of hydrogen-bond acceptors (Lipinski definition) is 3. The van der Waals surface area contributed by atoms with Crippen molar-refractivity contribution in [3.63, 3.8) is 0 Å². The average Bonchev–Trinajstić information content (AvgIpc) is 2.87. The SMILES string of the molecule is OC(CCc1cccs1)CSc1cccc(F)c1. The Morgan fingerprint density at radius 1 is 1.28 bits per heavy atom. The van der Waals surface area contributed by atoms with Crippen LogP contribution in [-0.4, -0.2) is 17.0 Å². The van der Waals surface area contributed by atoms with E-state index in [-0.39, 0.29) is 11.9 Å². The smallest absolute Gasteiger partial charge is 0.124 e. The number of thioether (sulfide) groups is 1. The van der Waals surface area contributed by atoms with Crippen LogP contribution in [0, 0.1) is 5.82 Å². The highest BCUT2D eigenvalue weighted by atomic mass is 32.2. The summed E-state index contributed by atoms with van der Waals surface area (Å²) in [6, 6.07) is 10.6. The molecule has 0 aliphatic carbocycles. The second kappa shape index (κ2) is 6.92. The first-order valence-electron chi connectivity index (χ1n) is 5.83. The van der Waals surface area contributed by atoms with E-state index in [1.807, 2.05) is 17.5 Å². The fraction of sp³-hybridized carbons (Fsp3) is 0.286. The van der Waals surface area contributed by atoms with E-state index in [9.17, 15) is 9.50 Å². The number of aryl methyl sites for hydroxylation is 1. The van der Waals surface area contributed by atoms with Crippen LogP contribution in [0.5, 0.6) is 0 Å². The molecule has 0 bridgehead atoms. The third kappa shape index (κ3) is 4.44. The lowest BCUT2D eigenvalue weighted by Crippen LogP contribution is -2.10. The van der Waals surface area contributed by atoms with Crippen LogP contribution in [0.25, 0.3) is 0 Å². The molecule has 2 aromatic rings. The first-order chi connectivity index (χ1) is 8.74. The zero-order valence-electron chi connectivity index (χ0n) is 9.88. The molecule has 0 radical (unpaired) electrons. The largest absolute Gasteiger partial charge is 0.392 e. The molecule has 18 heavy (non-hydrogen) atoms. The molecule has 0 amide bonds. The molecule has 1 nitrogen and oxygen atoms in total. The molecular formula is C14H15FOS2. The minimum atomic E-state index is -0.347. The molecule has 0 spiro atoms. The topological polar surface area (TPSA) is 20.2 Å². The Labute approximate surface area is 115 Å². The van der Waals surface area contributed by atoms with E-state index in [4.69, 9.17) is 0 Å². The molecule has 1 aromatic heterocycles. The standard InChI is InChI=1S/C14H15FOS2/c15-11-3-1-4-14(9-11)18-10-12(16)6-7-13-5-2-8-17-13/h1-5,8-9,12,16H,6-7,10H2. The van der Waals surface area contributed by atoms with Gasteiger partial charge in [-0.25, -0.2) is 4.39 Å². The molecule has 1 N–H and O–H groups in total. The summed E-state index contributed by atoms with van der Waals surface area (Å²) in [5, 5.41) is 11.9. The monoisotopic (exact) mass is 282 g/mol. The van der Waals surface area contributed by atoms with E-state index in [0.717, 1.165) is 17.7 Å². The highest BCUT2D eigenvalue weighted by Crippen LogP contribution is 2.21. The highest BCUT2D eigenvalue weighted by molar-refractivity contribution is 7.99. The normalized spacial score (nSPS) is 12.6. The van der Waals surface area contributed by atoms with Gasteiger partial charge < -0.3 is 5.11 Å². The summed E-state index contributed by atoms with van der Waals surface area (Å²) in [6.45, 7) is 0. The van der Waals surface area contributed by atoms with Gasteiger partial charge in [0.15, 0.2) is 0 Å². The van der Waals surface area contributed by atoms with E-state index in [1.165, 1.54) is 28.8 Å². The van der Waals surface area contributed by atoms with Crippen LogP contribution < -0.4 is 0 Å². The first-order valence-corrected chi connectivity index (χ1v) is 7.69. The summed E-state index contributed by atoms with van der Waals surface area (Å²) in [6.07, 6.45) is 1.31. The number of thiophene rings is 1. The Kier molecular flexibility index (Phi) is 5.23. The fourth-order valence-corrected chi connectivity index (χ4v) is 3.24. The van der Waals surface area contributed by atoms with Gasteiger partial charge >= 0.3 is 0 Å². The molecule has 0 aliphatic heterocycles. The molecule has 1 atom stereocenters. The third-order valence-electron chi connectivity index (χ3n) is 2.54. The van der Waals surface area contributed by atoms with Crippen molar-refractivity contribution in [2.24, 2.45) is 0 Å². The van der Waals surface area contributed by atoms with Gasteiger partial charge in [-0.15, -0.1) is 23.1 Å². The molecular weight excluding hydrogens is 267 g/mol. The molecule has 0 saturated heterocycles. The van der Waals surface area contributed by atoms with Gasteiger partial charge in [-0.1, -0.05) is 12.1 Å². The van der Waals surface area contributed by atoms with Crippen LogP contribution in [0.1, 0.15) is 11.3 Å². The number of rotatable bonds is 6. The minimum absolute atomic E-state index is 0.229. The van der Waals surface area contributed by atoms with Gasteiger partial charge in [0.1, 0.15) is 5.82 Å². The Hall–Kier alpha value is -0.840. The Balaban J connectivity index is 1.73. The van der Waals surface area contributed by atoms with Crippen molar-refractivity contribution in [2.45, 2.75) is 23.8 Å². The van der Waals surface area contributed by atoms with Gasteiger partial charge in [0.2, 0.25) is 0 Å². The number of halogens is 1. The summed E-state index contributed by atoms with van der Waals surface area (Å²) in [7, 11) is 0. The van der Waals surface area contributed by atoms with E-state index < -0.39 is 0 Å². The maximum atomic E-state index is 13.0. The lowest BCUT2D eigenvalue weighted by molar-refractivity contribution is 0.190. The van der Waals surface area contributed by atoms with Crippen LogP contribution >= 0.6 is 23.1 Å². The van der Waals surface area contributed by atoms with E-state index in [1.54, 1.807) is 17.4 Å². The quantitative estimate of drug-likeness (QED) is 0.809. The molecule has 2 rings (SSSR count). The van der Waals surface area contributed by atoms with Crippen molar-refractivity contribution in [3.05, 3.63) is 52.5 Å². The van der Waals surface area contributed by atoms with E-state index in [0.29, 0.717) is 5.75 Å². The van der Waals surface area contributed by atoms with Crippen LogP contribution in [0.3, 0.4) is 0 Å². The molecule has 1 aromatic carbocycles. The maximum absolute atomic E-state index is 13.0. The van der Waals surface area contributed by atoms with Crippen molar-refractivity contribution in [2.75, 3.05) is 5.75 Å². The third-order valence-corrected chi connectivity index (χ3v) is 4.62. The molecule has 0 fully saturated rings. The van der Waals surface area contributed by atoms with Gasteiger partial charge in [0, 0.05) is 15.5 Å². The van der Waals surface area contributed by atoms with Crippen molar-refractivity contribution in [1.29, 1.82) is 0 Å². The maximum Gasteiger partial charge on any atom is 0.124 e. The van der Waals surface area contributed by atoms with Crippen LogP contribution in [0.4, 0.5) is 4.39 Å². The van der Waals surface area contributed by atoms with Crippen molar-refractivity contribution in [1.82, 2.24) is 0 Å². The second-order valence-corrected chi connectivity index (χ2v) is 6.17. The predicted octanol–water partition coefficient (Wildman–Crippen LogP) is 3.97. The van der Waals surface area contributed by atoms with Gasteiger partial charge in [0.05, 0.1) is 6.10 Å². The van der Waals surface area contributed by atoms with Crippen molar-refractivity contribution < 1.29 is 9.50 Å². The Morgan fingerprint density at radius 2 is 2.17 bits per heavy atom. The average molecular weight is 282 g/mol. The Bertz CT molecular complexity index is 470. The Morgan fingerprint density at radius 3 is 2.89 bits per heavy atom. The molecule has 0 saturated carbocycles. The lowest BCUT2D eigenvalue weighted by atomic mass is 10.2. The van der Waals surface area contributed by atoms with Crippen LogP contribution in [0.2, 0.25) is 0 Å². The van der Waals surface area contributed by atoms with E-state index in [2.05, 4.69) is 6.07 Å². The van der Waals surface area contributed by atoms with Gasteiger partial charge in [-0.3, -0.25) is 0 Å². The number of aliphatic hydroxyl groups excluding tert-OH is 1.